The number of halogens is 1. The Hall–Kier alpha value is -2.63. The molecular formula is C20H24FN9O7P2S2. The molecule has 0 amide bonds. The summed E-state index contributed by atoms with van der Waals surface area (Å²) in [7, 11) is 2.07. The van der Waals surface area contributed by atoms with Gasteiger partial charge >= 0.3 is 12.0 Å². The molecule has 5 rings (SSSR count). The molecule has 0 aliphatic heterocycles. The van der Waals surface area contributed by atoms with E-state index in [9.17, 15) is 14.5 Å². The van der Waals surface area contributed by atoms with Gasteiger partial charge in [0.1, 0.15) is 43.2 Å². The highest BCUT2D eigenvalue weighted by Crippen LogP contribution is 2.52. The quantitative estimate of drug-likeness (QED) is 0.103. The van der Waals surface area contributed by atoms with Crippen LogP contribution in [0.15, 0.2) is 23.6 Å². The fourth-order valence-corrected chi connectivity index (χ4v) is 6.44. The van der Waals surface area contributed by atoms with Crippen LogP contribution in [-0.4, -0.2) is 74.7 Å². The fourth-order valence-electron chi connectivity index (χ4n) is 4.74. The molecule has 1 aliphatic rings. The number of aromatic amines is 1. The number of fused-ring (bicyclic) bond motifs is 2. The van der Waals surface area contributed by atoms with Crippen LogP contribution in [0.25, 0.3) is 22.3 Å². The molecule has 0 radical (unpaired) electrons. The van der Waals surface area contributed by atoms with E-state index in [1.807, 2.05) is 0 Å². The Morgan fingerprint density at radius 2 is 2.17 bits per heavy atom. The first kappa shape index (κ1) is 29.8. The lowest BCUT2D eigenvalue weighted by molar-refractivity contribution is 0.0516. The van der Waals surface area contributed by atoms with Crippen LogP contribution in [0.3, 0.4) is 0 Å². The van der Waals surface area contributed by atoms with Crippen LogP contribution in [0.5, 0.6) is 0 Å². The summed E-state index contributed by atoms with van der Waals surface area (Å²) in [6.07, 6.45) is 1.37. The maximum absolute atomic E-state index is 15.7. The molecule has 0 aromatic carbocycles. The normalized spacial score (nSPS) is 22.3. The smallest absolute Gasteiger partial charge is 0.364 e. The topological polar surface area (TPSA) is 207 Å². The third-order valence-electron chi connectivity index (χ3n) is 6.45. The summed E-state index contributed by atoms with van der Waals surface area (Å²) in [5.74, 6) is -0.517. The molecule has 2 unspecified atom stereocenters. The Labute approximate surface area is 243 Å². The highest BCUT2D eigenvalue weighted by Gasteiger charge is 2.48. The number of carbonyl (C=O) groups excluding carboxylic acids is 1. The molecule has 0 saturated heterocycles. The van der Waals surface area contributed by atoms with Gasteiger partial charge in [0.15, 0.2) is 16.8 Å². The summed E-state index contributed by atoms with van der Waals surface area (Å²) in [5.41, 5.74) is 6.13. The second-order valence-electron chi connectivity index (χ2n) is 8.95. The summed E-state index contributed by atoms with van der Waals surface area (Å²) in [6, 6.07) is -0.789. The number of anilines is 1. The highest BCUT2D eigenvalue weighted by atomic mass is 32.5. The van der Waals surface area contributed by atoms with E-state index in [2.05, 4.69) is 52.0 Å². The molecule has 0 bridgehead atoms. The van der Waals surface area contributed by atoms with Gasteiger partial charge < -0.3 is 38.1 Å². The Morgan fingerprint density at radius 1 is 1.37 bits per heavy atom. The van der Waals surface area contributed by atoms with Gasteiger partial charge in [0.05, 0.1) is 31.7 Å². The third-order valence-corrected chi connectivity index (χ3v) is 8.31. The van der Waals surface area contributed by atoms with E-state index in [-0.39, 0.29) is 55.7 Å². The van der Waals surface area contributed by atoms with Crippen LogP contribution in [0.4, 0.5) is 15.1 Å². The van der Waals surface area contributed by atoms with Crippen molar-refractivity contribution in [3.63, 3.8) is 0 Å². The minimum Gasteiger partial charge on any atom is -0.456 e. The summed E-state index contributed by atoms with van der Waals surface area (Å²) in [6.45, 7) is -4.31. The van der Waals surface area contributed by atoms with Crippen molar-refractivity contribution in [1.82, 2.24) is 39.0 Å². The molecule has 220 valence electrons. The van der Waals surface area contributed by atoms with Crippen molar-refractivity contribution < 1.29 is 32.4 Å². The molecule has 21 heteroatoms. The number of nitrogens with one attached hydrogen (secondary N) is 1. The molecule has 4 heterocycles. The molecule has 4 N–H and O–H groups in total. The first-order valence-corrected chi connectivity index (χ1v) is 15.4. The molecule has 1 fully saturated rings. The van der Waals surface area contributed by atoms with E-state index in [0.29, 0.717) is 11.2 Å². The van der Waals surface area contributed by atoms with Crippen LogP contribution in [0, 0.1) is 5.92 Å². The van der Waals surface area contributed by atoms with E-state index in [1.165, 1.54) is 23.4 Å². The zero-order valence-electron chi connectivity index (χ0n) is 20.9. The molecule has 1 aliphatic carbocycles. The number of aromatic nitrogens is 8. The molecule has 1 saturated carbocycles. The van der Waals surface area contributed by atoms with Crippen LogP contribution in [-0.2, 0) is 43.3 Å². The predicted molar refractivity (Wildman–Crippen MR) is 152 cm³/mol. The van der Waals surface area contributed by atoms with Gasteiger partial charge in [-0.1, -0.05) is 12.6 Å². The Bertz CT molecular complexity index is 1690. The number of hydrogen-bond acceptors (Lipinski definition) is 13. The first-order chi connectivity index (χ1) is 19.6. The molecular weight excluding hydrogens is 623 g/mol. The lowest BCUT2D eigenvalue weighted by Gasteiger charge is -2.27. The number of hydrogen-bond donors (Lipinski definition) is 4. The molecule has 6 atom stereocenters. The van der Waals surface area contributed by atoms with Gasteiger partial charge in [-0.25, -0.2) is 29.1 Å². The van der Waals surface area contributed by atoms with Crippen molar-refractivity contribution in [2.75, 3.05) is 18.9 Å². The van der Waals surface area contributed by atoms with E-state index in [4.69, 9.17) is 35.8 Å². The van der Waals surface area contributed by atoms with Crippen LogP contribution < -0.4 is 11.3 Å². The van der Waals surface area contributed by atoms with Gasteiger partial charge in [-0.05, 0) is 18.2 Å². The van der Waals surface area contributed by atoms with Crippen molar-refractivity contribution in [2.45, 2.75) is 37.9 Å². The minimum atomic E-state index is -4.10. The number of nitrogens with two attached hydrogens (primary N) is 1. The fraction of sp³-hybridized carbons (Fsp3) is 0.450. The van der Waals surface area contributed by atoms with Crippen molar-refractivity contribution in [3.05, 3.63) is 35.0 Å². The molecule has 16 nitrogen and oxygen atoms in total. The molecule has 41 heavy (non-hydrogen) atoms. The van der Waals surface area contributed by atoms with Crippen molar-refractivity contribution >= 4 is 74.2 Å². The summed E-state index contributed by atoms with van der Waals surface area (Å²) in [5, 5.41) is -0.758. The number of nitrogens with zero attached hydrogens (tertiary/aromatic N) is 7. The number of thiol groups is 1. The van der Waals surface area contributed by atoms with Gasteiger partial charge in [0, 0.05) is 15.4 Å². The number of carbonyl (C=O) groups is 1. The Balaban J connectivity index is 1.39. The van der Waals surface area contributed by atoms with Crippen LogP contribution >= 0.6 is 28.8 Å². The molecule has 4 aromatic heterocycles. The number of imidazole rings is 2. The number of rotatable bonds is 11. The Morgan fingerprint density at radius 3 is 2.93 bits per heavy atom. The largest absolute Gasteiger partial charge is 0.456 e. The van der Waals surface area contributed by atoms with E-state index in [1.54, 1.807) is 4.57 Å². The second-order valence-corrected chi connectivity index (χ2v) is 12.4. The number of ether oxygens (including phenoxy) is 1. The van der Waals surface area contributed by atoms with Crippen molar-refractivity contribution in [3.8, 4) is 0 Å². The average molecular weight is 648 g/mol. The summed E-state index contributed by atoms with van der Waals surface area (Å²) < 4.78 is 40.1. The molecule has 0 spiro atoms. The number of alkyl halides is 1. The minimum absolute atomic E-state index is 0.00406. The summed E-state index contributed by atoms with van der Waals surface area (Å²) >= 11 is 8.84. The summed E-state index contributed by atoms with van der Waals surface area (Å²) in [4.78, 5) is 57.5. The lowest BCUT2D eigenvalue weighted by atomic mass is 10.1. The first-order valence-electron chi connectivity index (χ1n) is 11.9. The van der Waals surface area contributed by atoms with Crippen LogP contribution in [0.1, 0.15) is 18.3 Å². The third kappa shape index (κ3) is 6.41. The maximum Gasteiger partial charge on any atom is 0.364 e. The van der Waals surface area contributed by atoms with Gasteiger partial charge in [-0.3, -0.25) is 9.78 Å². The second kappa shape index (κ2) is 12.3. The maximum atomic E-state index is 15.7. The SMILES string of the molecule is Nc1nc2c(ncn2[C@@H]2C[C@H](COP)[C@@H](F)[C@H]2OP(O)(=S)OCc2nc3cncnc3n2CCOC(=O)S)c(=O)[nH]1. The van der Waals surface area contributed by atoms with Gasteiger partial charge in [-0.15, -0.1) is 0 Å². The van der Waals surface area contributed by atoms with Crippen molar-refractivity contribution in [1.29, 1.82) is 0 Å². The average Bonchev–Trinajstić information content (AvgIpc) is 3.58. The lowest BCUT2D eigenvalue weighted by Crippen LogP contribution is -2.30. The van der Waals surface area contributed by atoms with E-state index < -0.39 is 41.8 Å². The van der Waals surface area contributed by atoms with Crippen molar-refractivity contribution in [2.24, 2.45) is 5.92 Å². The van der Waals surface area contributed by atoms with E-state index in [0.717, 1.165) is 0 Å². The van der Waals surface area contributed by atoms with E-state index >= 15 is 4.39 Å². The number of nitrogen functional groups attached to an aromatic ring is 1. The zero-order chi connectivity index (χ0) is 29.3. The predicted octanol–water partition coefficient (Wildman–Crippen LogP) is 1.43. The Kier molecular flexibility index (Phi) is 8.96. The number of H-pyrrole nitrogens is 1. The molecule has 4 aromatic rings. The monoisotopic (exact) mass is 647 g/mol. The van der Waals surface area contributed by atoms with Gasteiger partial charge in [0.25, 0.3) is 5.56 Å². The highest BCUT2D eigenvalue weighted by molar-refractivity contribution is 8.07. The van der Waals surface area contributed by atoms with Crippen LogP contribution in [0.2, 0.25) is 0 Å². The zero-order valence-corrected chi connectivity index (χ0v) is 24.7. The standard InChI is InChI=1S/C20H24FN9O7P2S2/c21-13-9(5-35-38)3-11(30-8-25-14-17(30)27-19(22)28-18(14)31)15(13)37-39(33,41)36-6-12-26-10-4-23-7-24-16(10)29(12)1-2-34-20(32)40/h4,7-9,11,13,15H,1-3,5-6,38H2,(H,32,40)(H,33,41)(H3,22,27,28,31)/t9-,11-,13-,15+,39?/m1/s1. The van der Waals surface area contributed by atoms with Gasteiger partial charge in [0.2, 0.25) is 5.95 Å². The van der Waals surface area contributed by atoms with Gasteiger partial charge in [-0.2, -0.15) is 4.98 Å².